The van der Waals surface area contributed by atoms with Crippen LogP contribution in [0.2, 0.25) is 0 Å². The van der Waals surface area contributed by atoms with Gasteiger partial charge in [0.2, 0.25) is 5.13 Å². The lowest BCUT2D eigenvalue weighted by molar-refractivity contribution is 0.872. The van der Waals surface area contributed by atoms with Crippen molar-refractivity contribution in [2.75, 3.05) is 11.6 Å². The standard InChI is InChI=1S/C11H13N3S2/c1-8(13-11-14-12-7-16-11)9-3-5-10(15-2)6-4-9/h3-8H,1-2H3,(H,13,14). The number of nitrogens with one attached hydrogen (secondary N) is 1. The molecule has 0 saturated carbocycles. The van der Waals surface area contributed by atoms with Crippen LogP contribution in [0.4, 0.5) is 5.13 Å². The van der Waals surface area contributed by atoms with Crippen molar-refractivity contribution in [2.24, 2.45) is 0 Å². The van der Waals surface area contributed by atoms with Crippen LogP contribution in [-0.4, -0.2) is 16.5 Å². The number of anilines is 1. The van der Waals surface area contributed by atoms with E-state index in [1.165, 1.54) is 21.8 Å². The lowest BCUT2D eigenvalue weighted by atomic mass is 10.1. The number of rotatable bonds is 4. The van der Waals surface area contributed by atoms with E-state index >= 15 is 0 Å². The summed E-state index contributed by atoms with van der Waals surface area (Å²) in [5, 5.41) is 11.9. The third-order valence-corrected chi connectivity index (χ3v) is 3.68. The molecule has 0 fully saturated rings. The Morgan fingerprint density at radius 1 is 1.31 bits per heavy atom. The number of hydrogen-bond donors (Lipinski definition) is 1. The van der Waals surface area contributed by atoms with E-state index in [-0.39, 0.29) is 6.04 Å². The molecule has 0 saturated heterocycles. The minimum Gasteiger partial charge on any atom is -0.354 e. The Labute approximate surface area is 103 Å². The Bertz CT molecular complexity index is 425. The Balaban J connectivity index is 2.05. The van der Waals surface area contributed by atoms with Crippen LogP contribution < -0.4 is 5.32 Å². The van der Waals surface area contributed by atoms with Gasteiger partial charge in [0, 0.05) is 4.90 Å². The summed E-state index contributed by atoms with van der Waals surface area (Å²) in [4.78, 5) is 1.28. The molecule has 0 bridgehead atoms. The molecule has 16 heavy (non-hydrogen) atoms. The molecule has 3 nitrogen and oxygen atoms in total. The average molecular weight is 251 g/mol. The molecule has 0 radical (unpaired) electrons. The molecular formula is C11H13N3S2. The highest BCUT2D eigenvalue weighted by Crippen LogP contribution is 2.22. The normalized spacial score (nSPS) is 12.4. The molecule has 1 aromatic heterocycles. The van der Waals surface area contributed by atoms with Crippen molar-refractivity contribution in [3.05, 3.63) is 35.3 Å². The predicted octanol–water partition coefficient (Wildman–Crippen LogP) is 3.43. The highest BCUT2D eigenvalue weighted by molar-refractivity contribution is 7.98. The summed E-state index contributed by atoms with van der Waals surface area (Å²) in [5.41, 5.74) is 2.99. The average Bonchev–Trinajstić information content (AvgIpc) is 2.82. The Morgan fingerprint density at radius 3 is 2.62 bits per heavy atom. The summed E-state index contributed by atoms with van der Waals surface area (Å²) in [6.45, 7) is 2.12. The van der Waals surface area contributed by atoms with Crippen LogP contribution in [-0.2, 0) is 0 Å². The molecule has 0 amide bonds. The third-order valence-electron chi connectivity index (χ3n) is 2.32. The first-order valence-corrected chi connectivity index (χ1v) is 7.06. The molecule has 5 heteroatoms. The van der Waals surface area contributed by atoms with Crippen molar-refractivity contribution in [3.63, 3.8) is 0 Å². The van der Waals surface area contributed by atoms with Crippen LogP contribution in [0.1, 0.15) is 18.5 Å². The molecular weight excluding hydrogens is 238 g/mol. The van der Waals surface area contributed by atoms with E-state index in [1.807, 2.05) is 0 Å². The Kier molecular flexibility index (Phi) is 3.79. The van der Waals surface area contributed by atoms with Gasteiger partial charge in [-0.25, -0.2) is 0 Å². The minimum atomic E-state index is 0.254. The van der Waals surface area contributed by atoms with Gasteiger partial charge < -0.3 is 5.32 Å². The van der Waals surface area contributed by atoms with Crippen molar-refractivity contribution < 1.29 is 0 Å². The summed E-state index contributed by atoms with van der Waals surface area (Å²) in [5.74, 6) is 0. The first-order chi connectivity index (χ1) is 7.79. The molecule has 0 aliphatic rings. The monoisotopic (exact) mass is 251 g/mol. The van der Waals surface area contributed by atoms with Crippen molar-refractivity contribution in [1.29, 1.82) is 0 Å². The lowest BCUT2D eigenvalue weighted by Crippen LogP contribution is -2.06. The van der Waals surface area contributed by atoms with Gasteiger partial charge >= 0.3 is 0 Å². The summed E-state index contributed by atoms with van der Waals surface area (Å²) < 4.78 is 0. The number of aromatic nitrogens is 2. The fourth-order valence-electron chi connectivity index (χ4n) is 1.40. The molecule has 1 atom stereocenters. The van der Waals surface area contributed by atoms with Crippen LogP contribution in [0.5, 0.6) is 0 Å². The van der Waals surface area contributed by atoms with E-state index < -0.39 is 0 Å². The maximum absolute atomic E-state index is 3.97. The number of thioether (sulfide) groups is 1. The highest BCUT2D eigenvalue weighted by Gasteiger charge is 2.06. The van der Waals surface area contributed by atoms with Crippen LogP contribution in [0.25, 0.3) is 0 Å². The van der Waals surface area contributed by atoms with Gasteiger partial charge in [-0.2, -0.15) is 0 Å². The van der Waals surface area contributed by atoms with Crippen LogP contribution in [0.3, 0.4) is 0 Å². The Hall–Kier alpha value is -1.07. The third kappa shape index (κ3) is 2.74. The fourth-order valence-corrected chi connectivity index (χ4v) is 2.34. The van der Waals surface area contributed by atoms with Crippen molar-refractivity contribution in [3.8, 4) is 0 Å². The largest absolute Gasteiger partial charge is 0.354 e. The van der Waals surface area contributed by atoms with Crippen molar-refractivity contribution in [1.82, 2.24) is 10.2 Å². The van der Waals surface area contributed by atoms with Crippen molar-refractivity contribution >= 4 is 28.2 Å². The van der Waals surface area contributed by atoms with Gasteiger partial charge in [-0.1, -0.05) is 23.5 Å². The van der Waals surface area contributed by atoms with E-state index in [9.17, 15) is 0 Å². The lowest BCUT2D eigenvalue weighted by Gasteiger charge is -2.13. The van der Waals surface area contributed by atoms with Gasteiger partial charge in [0.1, 0.15) is 5.51 Å². The smallest absolute Gasteiger partial charge is 0.205 e. The second kappa shape index (κ2) is 5.32. The second-order valence-corrected chi connectivity index (χ2v) is 5.10. The summed E-state index contributed by atoms with van der Waals surface area (Å²) in [7, 11) is 0. The maximum Gasteiger partial charge on any atom is 0.205 e. The maximum atomic E-state index is 3.97. The first-order valence-electron chi connectivity index (χ1n) is 4.96. The zero-order valence-corrected chi connectivity index (χ0v) is 10.8. The molecule has 0 aliphatic carbocycles. The molecule has 0 aliphatic heterocycles. The number of benzene rings is 1. The molecule has 0 spiro atoms. The van der Waals surface area contributed by atoms with Gasteiger partial charge in [0.15, 0.2) is 0 Å². The van der Waals surface area contributed by atoms with Crippen molar-refractivity contribution in [2.45, 2.75) is 17.9 Å². The molecule has 1 N–H and O–H groups in total. The number of hydrogen-bond acceptors (Lipinski definition) is 5. The highest BCUT2D eigenvalue weighted by atomic mass is 32.2. The van der Waals surface area contributed by atoms with Crippen LogP contribution in [0, 0.1) is 0 Å². The zero-order valence-electron chi connectivity index (χ0n) is 9.18. The van der Waals surface area contributed by atoms with Crippen LogP contribution in [0.15, 0.2) is 34.7 Å². The molecule has 1 unspecified atom stereocenters. The summed E-state index contributed by atoms with van der Waals surface area (Å²) in [6.07, 6.45) is 2.08. The fraction of sp³-hybridized carbons (Fsp3) is 0.273. The van der Waals surface area contributed by atoms with Gasteiger partial charge in [-0.15, -0.1) is 22.0 Å². The topological polar surface area (TPSA) is 37.8 Å². The molecule has 1 aromatic carbocycles. The predicted molar refractivity (Wildman–Crippen MR) is 70.2 cm³/mol. The van der Waals surface area contributed by atoms with Gasteiger partial charge in [0.05, 0.1) is 6.04 Å². The SMILES string of the molecule is CSc1ccc(C(C)Nc2nncs2)cc1. The summed E-state index contributed by atoms with van der Waals surface area (Å²) >= 11 is 3.27. The molecule has 1 heterocycles. The van der Waals surface area contributed by atoms with E-state index in [0.717, 1.165) is 5.13 Å². The minimum absolute atomic E-state index is 0.254. The molecule has 2 rings (SSSR count). The van der Waals surface area contributed by atoms with E-state index in [2.05, 4.69) is 53.0 Å². The quantitative estimate of drug-likeness (QED) is 0.845. The van der Waals surface area contributed by atoms with Gasteiger partial charge in [-0.3, -0.25) is 0 Å². The van der Waals surface area contributed by atoms with Gasteiger partial charge in [-0.05, 0) is 30.9 Å². The zero-order chi connectivity index (χ0) is 11.4. The second-order valence-electron chi connectivity index (χ2n) is 3.38. The van der Waals surface area contributed by atoms with Crippen LogP contribution >= 0.6 is 23.1 Å². The van der Waals surface area contributed by atoms with E-state index in [1.54, 1.807) is 17.3 Å². The summed E-state index contributed by atoms with van der Waals surface area (Å²) in [6, 6.07) is 8.81. The molecule has 84 valence electrons. The molecule has 2 aromatic rings. The van der Waals surface area contributed by atoms with E-state index in [0.29, 0.717) is 0 Å². The first kappa shape index (κ1) is 11.4. The number of nitrogens with zero attached hydrogens (tertiary/aromatic N) is 2. The van der Waals surface area contributed by atoms with E-state index in [4.69, 9.17) is 0 Å². The van der Waals surface area contributed by atoms with Gasteiger partial charge in [0.25, 0.3) is 0 Å². The Morgan fingerprint density at radius 2 is 2.06 bits per heavy atom.